The van der Waals surface area contributed by atoms with E-state index in [4.69, 9.17) is 0 Å². The van der Waals surface area contributed by atoms with Gasteiger partial charge in [0.1, 0.15) is 5.69 Å². The number of amides is 1. The lowest BCUT2D eigenvalue weighted by Crippen LogP contribution is -2.30. The van der Waals surface area contributed by atoms with Crippen LogP contribution in [0.1, 0.15) is 54.5 Å². The lowest BCUT2D eigenvalue weighted by Gasteiger charge is -2.11. The van der Waals surface area contributed by atoms with E-state index in [1.807, 2.05) is 43.7 Å². The lowest BCUT2D eigenvalue weighted by atomic mass is 10.1. The summed E-state index contributed by atoms with van der Waals surface area (Å²) in [6.07, 6.45) is -0.678. The second kappa shape index (κ2) is 6.87. The molecule has 21 heavy (non-hydrogen) atoms. The second-order valence-corrected chi connectivity index (χ2v) is 5.99. The van der Waals surface area contributed by atoms with Crippen molar-refractivity contribution >= 4 is 17.2 Å². The van der Waals surface area contributed by atoms with E-state index >= 15 is 0 Å². The summed E-state index contributed by atoms with van der Waals surface area (Å²) in [6.45, 7) is 6.88. The molecule has 0 spiro atoms. The lowest BCUT2D eigenvalue weighted by molar-refractivity contribution is 0.0906. The summed E-state index contributed by atoms with van der Waals surface area (Å²) in [4.78, 5) is 12.3. The van der Waals surface area contributed by atoms with Gasteiger partial charge in [0.2, 0.25) is 0 Å². The number of nitrogens with zero attached hydrogens (tertiary/aromatic N) is 2. The maximum atomic E-state index is 12.3. The van der Waals surface area contributed by atoms with E-state index in [2.05, 4.69) is 10.4 Å². The van der Waals surface area contributed by atoms with Gasteiger partial charge in [-0.15, -0.1) is 0 Å². The first kappa shape index (κ1) is 15.7. The van der Waals surface area contributed by atoms with Crippen molar-refractivity contribution in [3.8, 4) is 0 Å². The molecule has 1 amide bonds. The maximum absolute atomic E-state index is 12.3. The molecule has 2 heterocycles. The average molecular weight is 307 g/mol. The molecule has 0 aromatic carbocycles. The summed E-state index contributed by atoms with van der Waals surface area (Å²) in [7, 11) is 0. The van der Waals surface area contributed by atoms with Crippen molar-refractivity contribution in [2.75, 3.05) is 6.54 Å². The molecule has 1 unspecified atom stereocenters. The highest BCUT2D eigenvalue weighted by Gasteiger charge is 2.17. The van der Waals surface area contributed by atoms with Gasteiger partial charge in [-0.05, 0) is 41.3 Å². The minimum absolute atomic E-state index is 0.196. The first-order valence-electron chi connectivity index (χ1n) is 7.09. The topological polar surface area (TPSA) is 67.2 Å². The zero-order valence-electron chi connectivity index (χ0n) is 12.5. The molecular weight excluding hydrogens is 286 g/mol. The number of aromatic nitrogens is 2. The number of aliphatic hydroxyl groups is 1. The number of carbonyl (C=O) groups excluding carboxylic acids is 1. The van der Waals surface area contributed by atoms with E-state index in [-0.39, 0.29) is 18.4 Å². The Labute approximate surface area is 128 Å². The number of aliphatic hydroxyl groups excluding tert-OH is 1. The Bertz CT molecular complexity index is 590. The minimum Gasteiger partial charge on any atom is -0.387 e. The fraction of sp³-hybridized carbons (Fsp3) is 0.467. The fourth-order valence-corrected chi connectivity index (χ4v) is 2.71. The predicted octanol–water partition coefficient (Wildman–Crippen LogP) is 2.55. The van der Waals surface area contributed by atoms with Crippen molar-refractivity contribution in [3.63, 3.8) is 0 Å². The van der Waals surface area contributed by atoms with Crippen LogP contribution in [0.25, 0.3) is 0 Å². The third kappa shape index (κ3) is 3.71. The number of hydrogen-bond donors (Lipinski definition) is 2. The molecule has 0 fully saturated rings. The smallest absolute Gasteiger partial charge is 0.269 e. The van der Waals surface area contributed by atoms with E-state index in [9.17, 15) is 9.90 Å². The quantitative estimate of drug-likeness (QED) is 0.862. The molecule has 2 rings (SSSR count). The van der Waals surface area contributed by atoms with Crippen molar-refractivity contribution in [3.05, 3.63) is 39.8 Å². The van der Waals surface area contributed by atoms with Crippen LogP contribution < -0.4 is 5.32 Å². The van der Waals surface area contributed by atoms with E-state index in [1.54, 1.807) is 4.68 Å². The highest BCUT2D eigenvalue weighted by atomic mass is 32.1. The highest BCUT2D eigenvalue weighted by molar-refractivity contribution is 7.07. The molecule has 0 aliphatic heterocycles. The van der Waals surface area contributed by atoms with Crippen molar-refractivity contribution < 1.29 is 9.90 Å². The Kier molecular flexibility index (Phi) is 5.14. The number of aryl methyl sites for hydroxylation is 1. The largest absolute Gasteiger partial charge is 0.387 e. The Hall–Kier alpha value is -1.66. The molecule has 2 N–H and O–H groups in total. The predicted molar refractivity (Wildman–Crippen MR) is 83.6 cm³/mol. The summed E-state index contributed by atoms with van der Waals surface area (Å²) in [6, 6.07) is 3.68. The van der Waals surface area contributed by atoms with Crippen LogP contribution in [0.15, 0.2) is 22.9 Å². The Morgan fingerprint density at radius 2 is 2.29 bits per heavy atom. The third-order valence-corrected chi connectivity index (χ3v) is 4.01. The summed E-state index contributed by atoms with van der Waals surface area (Å²) < 4.78 is 1.70. The maximum Gasteiger partial charge on any atom is 0.269 e. The van der Waals surface area contributed by atoms with Gasteiger partial charge in [0.05, 0.1) is 11.8 Å². The van der Waals surface area contributed by atoms with Crippen LogP contribution in [-0.4, -0.2) is 27.3 Å². The molecule has 114 valence electrons. The zero-order chi connectivity index (χ0) is 15.4. The third-order valence-electron chi connectivity index (χ3n) is 3.31. The van der Waals surface area contributed by atoms with Gasteiger partial charge in [0, 0.05) is 13.1 Å². The molecule has 6 heteroatoms. The molecule has 2 aromatic heterocycles. The first-order valence-corrected chi connectivity index (χ1v) is 8.03. The van der Waals surface area contributed by atoms with Gasteiger partial charge in [-0.1, -0.05) is 13.8 Å². The number of rotatable bonds is 6. The average Bonchev–Trinajstić information content (AvgIpc) is 3.12. The number of nitrogens with one attached hydrogen (secondary N) is 1. The van der Waals surface area contributed by atoms with E-state index in [0.29, 0.717) is 12.2 Å². The Morgan fingerprint density at radius 3 is 2.86 bits per heavy atom. The summed E-state index contributed by atoms with van der Waals surface area (Å²) in [5, 5.41) is 21.0. The monoisotopic (exact) mass is 307 g/mol. The van der Waals surface area contributed by atoms with Gasteiger partial charge in [-0.3, -0.25) is 9.48 Å². The zero-order valence-corrected chi connectivity index (χ0v) is 13.4. The fourth-order valence-electron chi connectivity index (χ4n) is 2.01. The molecule has 0 bridgehead atoms. The molecule has 0 saturated heterocycles. The standard InChI is InChI=1S/C15H21N3O2S/c1-4-18-13(7-12(17-18)10(2)3)15(20)16-8-14(19)11-5-6-21-9-11/h5-7,9-10,14,19H,4,8H2,1-3H3,(H,16,20). The van der Waals surface area contributed by atoms with Gasteiger partial charge in [0.15, 0.2) is 0 Å². The van der Waals surface area contributed by atoms with E-state index in [1.165, 1.54) is 11.3 Å². The molecule has 0 saturated carbocycles. The van der Waals surface area contributed by atoms with Crippen molar-refractivity contribution in [2.45, 2.75) is 39.3 Å². The molecule has 0 aliphatic rings. The second-order valence-electron chi connectivity index (χ2n) is 5.21. The number of hydrogen-bond acceptors (Lipinski definition) is 4. The summed E-state index contributed by atoms with van der Waals surface area (Å²) in [5.74, 6) is 0.0753. The highest BCUT2D eigenvalue weighted by Crippen LogP contribution is 2.17. The molecule has 0 aliphatic carbocycles. The van der Waals surface area contributed by atoms with Crippen LogP contribution >= 0.6 is 11.3 Å². The number of thiophene rings is 1. The van der Waals surface area contributed by atoms with Gasteiger partial charge in [-0.2, -0.15) is 16.4 Å². The molecule has 2 aromatic rings. The van der Waals surface area contributed by atoms with Gasteiger partial charge in [-0.25, -0.2) is 0 Å². The Morgan fingerprint density at radius 1 is 1.52 bits per heavy atom. The van der Waals surface area contributed by atoms with Crippen molar-refractivity contribution in [2.24, 2.45) is 0 Å². The molecule has 1 atom stereocenters. The van der Waals surface area contributed by atoms with E-state index in [0.717, 1.165) is 11.3 Å². The molecular formula is C15H21N3O2S. The molecule has 0 radical (unpaired) electrons. The normalized spacial score (nSPS) is 12.6. The van der Waals surface area contributed by atoms with Crippen LogP contribution in [-0.2, 0) is 6.54 Å². The van der Waals surface area contributed by atoms with Crippen molar-refractivity contribution in [1.29, 1.82) is 0 Å². The SMILES string of the molecule is CCn1nc(C(C)C)cc1C(=O)NCC(O)c1ccsc1. The van der Waals surface area contributed by atoms with Crippen LogP contribution in [0.2, 0.25) is 0 Å². The van der Waals surface area contributed by atoms with Crippen LogP contribution in [0.5, 0.6) is 0 Å². The van der Waals surface area contributed by atoms with Gasteiger partial charge >= 0.3 is 0 Å². The van der Waals surface area contributed by atoms with Gasteiger partial charge in [0.25, 0.3) is 5.91 Å². The summed E-state index contributed by atoms with van der Waals surface area (Å²) in [5.41, 5.74) is 2.27. The van der Waals surface area contributed by atoms with E-state index < -0.39 is 6.10 Å². The molecule has 5 nitrogen and oxygen atoms in total. The first-order chi connectivity index (χ1) is 10.0. The van der Waals surface area contributed by atoms with Crippen LogP contribution in [0, 0.1) is 0 Å². The number of carbonyl (C=O) groups is 1. The van der Waals surface area contributed by atoms with Crippen molar-refractivity contribution in [1.82, 2.24) is 15.1 Å². The van der Waals surface area contributed by atoms with Crippen LogP contribution in [0.4, 0.5) is 0 Å². The Balaban J connectivity index is 2.03. The van der Waals surface area contributed by atoms with Crippen LogP contribution in [0.3, 0.4) is 0 Å². The minimum atomic E-state index is -0.678. The summed E-state index contributed by atoms with van der Waals surface area (Å²) >= 11 is 1.52. The van der Waals surface area contributed by atoms with Gasteiger partial charge < -0.3 is 10.4 Å².